The largest absolute Gasteiger partial charge is 0.303 e. The predicted octanol–water partition coefficient (Wildman–Crippen LogP) is 6.52. The third-order valence-electron chi connectivity index (χ3n) is 5.58. The molecule has 1 heteroatoms. The minimum Gasteiger partial charge on any atom is -0.303 e. The lowest BCUT2D eigenvalue weighted by atomic mass is 9.87. The van der Waals surface area contributed by atoms with Gasteiger partial charge in [-0.1, -0.05) is 79.1 Å². The summed E-state index contributed by atoms with van der Waals surface area (Å²) in [5.74, 6) is 2.78. The second-order valence-corrected chi connectivity index (χ2v) is 8.43. The molecule has 0 spiro atoms. The first-order valence-electron chi connectivity index (χ1n) is 10.3. The maximum absolute atomic E-state index is 2.71. The van der Waals surface area contributed by atoms with E-state index in [2.05, 4.69) is 32.6 Å². The molecule has 22 heavy (non-hydrogen) atoms. The Bertz CT molecular complexity index is 238. The molecule has 132 valence electrons. The van der Waals surface area contributed by atoms with Gasteiger partial charge in [-0.05, 0) is 56.7 Å². The van der Waals surface area contributed by atoms with E-state index in [0.717, 1.165) is 17.8 Å². The highest BCUT2D eigenvalue weighted by molar-refractivity contribution is 4.74. The van der Waals surface area contributed by atoms with Crippen molar-refractivity contribution in [2.75, 3.05) is 19.6 Å². The van der Waals surface area contributed by atoms with Crippen LogP contribution >= 0.6 is 0 Å². The first-order chi connectivity index (χ1) is 10.6. The van der Waals surface area contributed by atoms with E-state index >= 15 is 0 Å². The maximum Gasteiger partial charge on any atom is -0.00160 e. The molecule has 1 rings (SSSR count). The zero-order chi connectivity index (χ0) is 16.2. The average molecular weight is 310 g/mol. The van der Waals surface area contributed by atoms with Crippen LogP contribution in [0.5, 0.6) is 0 Å². The van der Waals surface area contributed by atoms with E-state index in [9.17, 15) is 0 Å². The van der Waals surface area contributed by atoms with Crippen molar-refractivity contribution >= 4 is 0 Å². The number of unbranched alkanes of at least 4 members (excludes halogenated alkanes) is 7. The molecular formula is C21H43N. The van der Waals surface area contributed by atoms with Crippen LogP contribution < -0.4 is 0 Å². The van der Waals surface area contributed by atoms with E-state index in [1.807, 2.05) is 0 Å². The second kappa shape index (κ2) is 12.4. The van der Waals surface area contributed by atoms with Gasteiger partial charge in [-0.2, -0.15) is 0 Å². The first-order valence-corrected chi connectivity index (χ1v) is 10.3. The van der Waals surface area contributed by atoms with Crippen LogP contribution in [0.4, 0.5) is 0 Å². The Balaban J connectivity index is 1.82. The molecule has 0 N–H and O–H groups in total. The minimum absolute atomic E-state index is 0.891. The Morgan fingerprint density at radius 2 is 1.23 bits per heavy atom. The summed E-state index contributed by atoms with van der Waals surface area (Å²) in [4.78, 5) is 2.71. The molecule has 0 bridgehead atoms. The van der Waals surface area contributed by atoms with Gasteiger partial charge in [0.15, 0.2) is 0 Å². The number of piperidine rings is 1. The van der Waals surface area contributed by atoms with Gasteiger partial charge in [0.25, 0.3) is 0 Å². The van der Waals surface area contributed by atoms with Crippen molar-refractivity contribution in [3.8, 4) is 0 Å². The van der Waals surface area contributed by atoms with Crippen LogP contribution in [0, 0.1) is 17.8 Å². The average Bonchev–Trinajstić information content (AvgIpc) is 2.49. The highest BCUT2D eigenvalue weighted by atomic mass is 15.1. The summed E-state index contributed by atoms with van der Waals surface area (Å²) in [5.41, 5.74) is 0. The normalized spacial score (nSPS) is 17.7. The zero-order valence-electron chi connectivity index (χ0n) is 16.1. The van der Waals surface area contributed by atoms with Crippen molar-refractivity contribution in [3.05, 3.63) is 0 Å². The first kappa shape index (κ1) is 20.0. The molecule has 0 aromatic heterocycles. The zero-order valence-corrected chi connectivity index (χ0v) is 16.1. The van der Waals surface area contributed by atoms with Crippen LogP contribution in [-0.4, -0.2) is 24.5 Å². The lowest BCUT2D eigenvalue weighted by molar-refractivity contribution is 0.155. The van der Waals surface area contributed by atoms with Crippen LogP contribution in [0.1, 0.15) is 98.3 Å². The molecule has 0 aromatic carbocycles. The maximum atomic E-state index is 2.71. The third kappa shape index (κ3) is 9.87. The fraction of sp³-hybridized carbons (Fsp3) is 1.00. The standard InChI is InChI=1S/C21H43N/c1-19(2)13-11-9-7-5-6-8-10-12-16-22-17-14-21(15-18-22)20(3)4/h19-21H,5-18H2,1-4H3. The van der Waals surface area contributed by atoms with Crippen molar-refractivity contribution in [1.29, 1.82) is 0 Å². The summed E-state index contributed by atoms with van der Waals surface area (Å²) < 4.78 is 0. The molecule has 0 atom stereocenters. The summed E-state index contributed by atoms with van der Waals surface area (Å²) in [6.45, 7) is 13.5. The highest BCUT2D eigenvalue weighted by Gasteiger charge is 2.20. The fourth-order valence-electron chi connectivity index (χ4n) is 3.79. The van der Waals surface area contributed by atoms with Crippen molar-refractivity contribution < 1.29 is 0 Å². The molecule has 0 unspecified atom stereocenters. The second-order valence-electron chi connectivity index (χ2n) is 8.43. The molecule has 1 aliphatic heterocycles. The van der Waals surface area contributed by atoms with Crippen LogP contribution in [0.2, 0.25) is 0 Å². The molecular weight excluding hydrogens is 266 g/mol. The summed E-state index contributed by atoms with van der Waals surface area (Å²) >= 11 is 0. The van der Waals surface area contributed by atoms with Gasteiger partial charge in [0.1, 0.15) is 0 Å². The van der Waals surface area contributed by atoms with E-state index in [0.29, 0.717) is 0 Å². The number of likely N-dealkylation sites (tertiary alicyclic amines) is 1. The Kier molecular flexibility index (Phi) is 11.3. The van der Waals surface area contributed by atoms with E-state index in [4.69, 9.17) is 0 Å². The van der Waals surface area contributed by atoms with E-state index < -0.39 is 0 Å². The van der Waals surface area contributed by atoms with Crippen molar-refractivity contribution in [2.45, 2.75) is 98.3 Å². The minimum atomic E-state index is 0.891. The van der Waals surface area contributed by atoms with E-state index in [1.54, 1.807) is 0 Å². The Morgan fingerprint density at radius 1 is 0.727 bits per heavy atom. The molecule has 1 nitrogen and oxygen atoms in total. The number of hydrogen-bond donors (Lipinski definition) is 0. The molecule has 1 aliphatic rings. The van der Waals surface area contributed by atoms with E-state index in [1.165, 1.54) is 90.3 Å². The molecule has 0 amide bonds. The third-order valence-corrected chi connectivity index (χ3v) is 5.58. The van der Waals surface area contributed by atoms with Crippen molar-refractivity contribution in [2.24, 2.45) is 17.8 Å². The van der Waals surface area contributed by atoms with Gasteiger partial charge in [-0.25, -0.2) is 0 Å². The number of rotatable bonds is 12. The lowest BCUT2D eigenvalue weighted by Gasteiger charge is -2.33. The lowest BCUT2D eigenvalue weighted by Crippen LogP contribution is -2.35. The summed E-state index contributed by atoms with van der Waals surface area (Å²) in [6, 6.07) is 0. The molecule has 0 aliphatic carbocycles. The van der Waals surface area contributed by atoms with Gasteiger partial charge in [0, 0.05) is 0 Å². The SMILES string of the molecule is CC(C)CCCCCCCCCCN1CCC(C(C)C)CC1. The van der Waals surface area contributed by atoms with Gasteiger partial charge in [-0.3, -0.25) is 0 Å². The van der Waals surface area contributed by atoms with Crippen LogP contribution in [-0.2, 0) is 0 Å². The molecule has 1 fully saturated rings. The predicted molar refractivity (Wildman–Crippen MR) is 100 cm³/mol. The van der Waals surface area contributed by atoms with Gasteiger partial charge in [-0.15, -0.1) is 0 Å². The fourth-order valence-corrected chi connectivity index (χ4v) is 3.79. The van der Waals surface area contributed by atoms with Gasteiger partial charge in [0.2, 0.25) is 0 Å². The molecule has 1 heterocycles. The van der Waals surface area contributed by atoms with Gasteiger partial charge >= 0.3 is 0 Å². The van der Waals surface area contributed by atoms with Crippen molar-refractivity contribution in [1.82, 2.24) is 4.90 Å². The summed E-state index contributed by atoms with van der Waals surface area (Å²) in [5, 5.41) is 0. The summed E-state index contributed by atoms with van der Waals surface area (Å²) in [7, 11) is 0. The highest BCUT2D eigenvalue weighted by Crippen LogP contribution is 2.24. The molecule has 0 radical (unpaired) electrons. The van der Waals surface area contributed by atoms with Crippen molar-refractivity contribution in [3.63, 3.8) is 0 Å². The topological polar surface area (TPSA) is 3.24 Å². The number of hydrogen-bond acceptors (Lipinski definition) is 1. The smallest absolute Gasteiger partial charge is 0.00160 e. The van der Waals surface area contributed by atoms with Crippen LogP contribution in [0.25, 0.3) is 0 Å². The van der Waals surface area contributed by atoms with E-state index in [-0.39, 0.29) is 0 Å². The van der Waals surface area contributed by atoms with Crippen LogP contribution in [0.15, 0.2) is 0 Å². The monoisotopic (exact) mass is 309 g/mol. The molecule has 0 saturated carbocycles. The Hall–Kier alpha value is -0.0400. The molecule has 1 saturated heterocycles. The van der Waals surface area contributed by atoms with Gasteiger partial charge in [0.05, 0.1) is 0 Å². The number of nitrogens with zero attached hydrogens (tertiary/aromatic N) is 1. The summed E-state index contributed by atoms with van der Waals surface area (Å²) in [6.07, 6.45) is 16.0. The van der Waals surface area contributed by atoms with Crippen LogP contribution in [0.3, 0.4) is 0 Å². The van der Waals surface area contributed by atoms with Gasteiger partial charge < -0.3 is 4.90 Å². The molecule has 0 aromatic rings. The quantitative estimate of drug-likeness (QED) is 0.371. The Labute approximate surface area is 141 Å². The Morgan fingerprint density at radius 3 is 1.73 bits per heavy atom.